The Labute approximate surface area is 212 Å². The van der Waals surface area contributed by atoms with Gasteiger partial charge in [0, 0.05) is 36.8 Å². The molecular weight excluding hydrogens is 486 g/mol. The Morgan fingerprint density at radius 1 is 1.11 bits per heavy atom. The SMILES string of the molecule is CN1C(=O)C(C)(C)c2cc(S(=O)(=O)NCC3CCC(C(=O)NCc4ccccc4Cl)CC3)ccc21. The van der Waals surface area contributed by atoms with E-state index in [0.717, 1.165) is 42.5 Å². The van der Waals surface area contributed by atoms with Crippen molar-refractivity contribution in [1.29, 1.82) is 0 Å². The molecule has 2 N–H and O–H groups in total. The second kappa shape index (κ2) is 9.91. The predicted octanol–water partition coefficient (Wildman–Crippen LogP) is 4.00. The molecule has 9 heteroatoms. The number of sulfonamides is 1. The number of carbonyl (C=O) groups is 2. The van der Waals surface area contributed by atoms with Crippen LogP contribution in [0.4, 0.5) is 5.69 Å². The number of likely N-dealkylation sites (N-methyl/N-ethyl adjacent to an activating group) is 1. The Kier molecular flexibility index (Phi) is 7.27. The summed E-state index contributed by atoms with van der Waals surface area (Å²) in [6, 6.07) is 12.3. The molecule has 0 bridgehead atoms. The van der Waals surface area contributed by atoms with Gasteiger partial charge >= 0.3 is 0 Å². The van der Waals surface area contributed by atoms with Gasteiger partial charge in [-0.1, -0.05) is 29.8 Å². The third-order valence-corrected chi connectivity index (χ3v) is 9.13. The number of nitrogens with one attached hydrogen (secondary N) is 2. The lowest BCUT2D eigenvalue weighted by Crippen LogP contribution is -2.36. The summed E-state index contributed by atoms with van der Waals surface area (Å²) in [7, 11) is -2.01. The van der Waals surface area contributed by atoms with Crippen molar-refractivity contribution in [3.8, 4) is 0 Å². The zero-order valence-electron chi connectivity index (χ0n) is 20.3. The number of amides is 2. The molecule has 2 amide bonds. The lowest BCUT2D eigenvalue weighted by molar-refractivity contribution is -0.126. The summed E-state index contributed by atoms with van der Waals surface area (Å²) in [5.41, 5.74) is 1.58. The van der Waals surface area contributed by atoms with Crippen molar-refractivity contribution in [3.63, 3.8) is 0 Å². The molecular formula is C26H32ClN3O4S. The van der Waals surface area contributed by atoms with Crippen LogP contribution < -0.4 is 14.9 Å². The first-order valence-electron chi connectivity index (χ1n) is 11.9. The van der Waals surface area contributed by atoms with Gasteiger partial charge in [0.1, 0.15) is 0 Å². The Hall–Kier alpha value is -2.42. The van der Waals surface area contributed by atoms with Crippen LogP contribution in [-0.2, 0) is 31.6 Å². The maximum Gasteiger partial charge on any atom is 0.240 e. The number of fused-ring (bicyclic) bond motifs is 1. The summed E-state index contributed by atoms with van der Waals surface area (Å²) in [6.07, 6.45) is 3.01. The minimum absolute atomic E-state index is 0.0178. The van der Waals surface area contributed by atoms with Gasteiger partial charge in [0.05, 0.1) is 10.3 Å². The lowest BCUT2D eigenvalue weighted by Gasteiger charge is -2.28. The number of nitrogens with zero attached hydrogens (tertiary/aromatic N) is 1. The van der Waals surface area contributed by atoms with Crippen molar-refractivity contribution >= 4 is 39.1 Å². The fourth-order valence-electron chi connectivity index (χ4n) is 5.03. The summed E-state index contributed by atoms with van der Waals surface area (Å²) < 4.78 is 28.7. The number of carbonyl (C=O) groups excluding carboxylic acids is 2. The van der Waals surface area contributed by atoms with Crippen LogP contribution in [0.1, 0.15) is 50.7 Å². The molecule has 4 rings (SSSR count). The Morgan fingerprint density at radius 3 is 2.49 bits per heavy atom. The number of anilines is 1. The molecule has 0 spiro atoms. The molecule has 35 heavy (non-hydrogen) atoms. The number of hydrogen-bond acceptors (Lipinski definition) is 4. The van der Waals surface area contributed by atoms with E-state index in [1.54, 1.807) is 36.2 Å². The highest BCUT2D eigenvalue weighted by Crippen LogP contribution is 2.41. The zero-order chi connectivity index (χ0) is 25.4. The van der Waals surface area contributed by atoms with Gasteiger partial charge in [-0.3, -0.25) is 9.59 Å². The van der Waals surface area contributed by atoms with E-state index in [2.05, 4.69) is 10.0 Å². The molecule has 188 valence electrons. The van der Waals surface area contributed by atoms with E-state index >= 15 is 0 Å². The molecule has 7 nitrogen and oxygen atoms in total. The van der Waals surface area contributed by atoms with E-state index in [-0.39, 0.29) is 28.5 Å². The van der Waals surface area contributed by atoms with Crippen molar-refractivity contribution < 1.29 is 18.0 Å². The maximum absolute atomic E-state index is 13.0. The van der Waals surface area contributed by atoms with Gasteiger partial charge in [0.2, 0.25) is 21.8 Å². The topological polar surface area (TPSA) is 95.6 Å². The third-order valence-electron chi connectivity index (χ3n) is 7.34. The Bertz CT molecular complexity index is 1240. The monoisotopic (exact) mass is 517 g/mol. The van der Waals surface area contributed by atoms with Gasteiger partial charge in [0.15, 0.2) is 0 Å². The molecule has 2 aromatic rings. The second-order valence-corrected chi connectivity index (χ2v) is 12.2. The van der Waals surface area contributed by atoms with Crippen LogP contribution in [0.3, 0.4) is 0 Å². The number of benzene rings is 2. The smallest absolute Gasteiger partial charge is 0.240 e. The van der Waals surface area contributed by atoms with Crippen LogP contribution in [0.25, 0.3) is 0 Å². The molecule has 0 aromatic heterocycles. The largest absolute Gasteiger partial charge is 0.352 e. The van der Waals surface area contributed by atoms with Crippen LogP contribution >= 0.6 is 11.6 Å². The van der Waals surface area contributed by atoms with Crippen LogP contribution in [0, 0.1) is 11.8 Å². The molecule has 1 fully saturated rings. The standard InChI is InChI=1S/C26H32ClN3O4S/c1-26(2)21-14-20(12-13-23(21)30(3)25(26)32)35(33,34)29-15-17-8-10-18(11-9-17)24(31)28-16-19-6-4-5-7-22(19)27/h4-7,12-14,17-18,29H,8-11,15-16H2,1-3H3,(H,28,31). The highest BCUT2D eigenvalue weighted by Gasteiger charge is 2.42. The molecule has 0 atom stereocenters. The van der Waals surface area contributed by atoms with Gasteiger partial charge in [-0.05, 0) is 80.8 Å². The minimum Gasteiger partial charge on any atom is -0.352 e. The van der Waals surface area contributed by atoms with Gasteiger partial charge in [-0.2, -0.15) is 0 Å². The molecule has 1 heterocycles. The first-order valence-corrected chi connectivity index (χ1v) is 13.8. The summed E-state index contributed by atoms with van der Waals surface area (Å²) in [5, 5.41) is 3.61. The summed E-state index contributed by atoms with van der Waals surface area (Å²) >= 11 is 6.16. The van der Waals surface area contributed by atoms with Crippen LogP contribution in [0.15, 0.2) is 47.4 Å². The van der Waals surface area contributed by atoms with Crippen molar-refractivity contribution in [2.75, 3.05) is 18.5 Å². The molecule has 1 saturated carbocycles. The number of rotatable bonds is 7. The third kappa shape index (κ3) is 5.25. The van der Waals surface area contributed by atoms with Crippen LogP contribution in [0.2, 0.25) is 5.02 Å². The highest BCUT2D eigenvalue weighted by atomic mass is 35.5. The number of halogens is 1. The van der Waals surface area contributed by atoms with Crippen LogP contribution in [-0.4, -0.2) is 33.8 Å². The van der Waals surface area contributed by atoms with Gasteiger partial charge in [-0.25, -0.2) is 13.1 Å². The number of hydrogen-bond donors (Lipinski definition) is 2. The molecule has 0 saturated heterocycles. The van der Waals surface area contributed by atoms with Crippen molar-refractivity contribution in [3.05, 3.63) is 58.6 Å². The van der Waals surface area contributed by atoms with Crippen molar-refractivity contribution in [1.82, 2.24) is 10.0 Å². The fraction of sp³-hybridized carbons (Fsp3) is 0.462. The molecule has 0 radical (unpaired) electrons. The van der Waals surface area contributed by atoms with E-state index < -0.39 is 15.4 Å². The normalized spacial score (nSPS) is 21.6. The average Bonchev–Trinajstić information content (AvgIpc) is 3.02. The van der Waals surface area contributed by atoms with E-state index in [1.165, 1.54) is 0 Å². The summed E-state index contributed by atoms with van der Waals surface area (Å²) in [6.45, 7) is 4.35. The van der Waals surface area contributed by atoms with Crippen molar-refractivity contribution in [2.24, 2.45) is 11.8 Å². The second-order valence-electron chi connectivity index (χ2n) is 10.0. The van der Waals surface area contributed by atoms with Gasteiger partial charge in [-0.15, -0.1) is 0 Å². The first-order chi connectivity index (χ1) is 16.5. The van der Waals surface area contributed by atoms with E-state index in [9.17, 15) is 18.0 Å². The highest BCUT2D eigenvalue weighted by molar-refractivity contribution is 7.89. The van der Waals surface area contributed by atoms with Gasteiger partial charge in [0.25, 0.3) is 0 Å². The van der Waals surface area contributed by atoms with Gasteiger partial charge < -0.3 is 10.2 Å². The zero-order valence-corrected chi connectivity index (χ0v) is 21.9. The minimum atomic E-state index is -3.71. The van der Waals surface area contributed by atoms with E-state index in [0.29, 0.717) is 18.1 Å². The maximum atomic E-state index is 13.0. The molecule has 1 aliphatic heterocycles. The van der Waals surface area contributed by atoms with E-state index in [1.807, 2.05) is 32.0 Å². The van der Waals surface area contributed by atoms with Crippen molar-refractivity contribution in [2.45, 2.75) is 56.4 Å². The fourth-order valence-corrected chi connectivity index (χ4v) is 6.37. The Morgan fingerprint density at radius 2 is 1.80 bits per heavy atom. The summed E-state index contributed by atoms with van der Waals surface area (Å²) in [4.78, 5) is 26.8. The predicted molar refractivity (Wildman–Crippen MR) is 137 cm³/mol. The molecule has 2 aliphatic rings. The molecule has 1 aliphatic carbocycles. The Balaban J connectivity index is 1.29. The lowest BCUT2D eigenvalue weighted by atomic mass is 9.81. The summed E-state index contributed by atoms with van der Waals surface area (Å²) in [5.74, 6) is 0.0710. The average molecular weight is 518 g/mol. The molecule has 2 aromatic carbocycles. The molecule has 0 unspecified atom stereocenters. The van der Waals surface area contributed by atoms with E-state index in [4.69, 9.17) is 11.6 Å². The van der Waals surface area contributed by atoms with Crippen LogP contribution in [0.5, 0.6) is 0 Å². The quantitative estimate of drug-likeness (QED) is 0.580. The first kappa shape index (κ1) is 25.7.